The Hall–Kier alpha value is -4.92. The van der Waals surface area contributed by atoms with Crippen molar-refractivity contribution in [2.45, 2.75) is 19.3 Å². The molecule has 0 saturated carbocycles. The minimum absolute atomic E-state index is 0.0661. The van der Waals surface area contributed by atoms with E-state index in [1.165, 1.54) is 0 Å². The molecule has 4 N–H and O–H groups in total. The third kappa shape index (κ3) is 5.10. The Labute approximate surface area is 206 Å². The highest BCUT2D eigenvalue weighted by Crippen LogP contribution is 2.30. The van der Waals surface area contributed by atoms with Crippen LogP contribution < -0.4 is 26.2 Å². The first kappa shape index (κ1) is 22.9. The molecule has 1 aliphatic rings. The summed E-state index contributed by atoms with van der Waals surface area (Å²) in [6, 6.07) is 23.7. The van der Waals surface area contributed by atoms with Gasteiger partial charge in [0.2, 0.25) is 17.8 Å². The molecule has 5 rings (SSSR count). The van der Waals surface area contributed by atoms with Gasteiger partial charge in [0.1, 0.15) is 17.3 Å². The summed E-state index contributed by atoms with van der Waals surface area (Å²) in [4.78, 5) is 45.4. The van der Waals surface area contributed by atoms with E-state index in [0.29, 0.717) is 17.2 Å². The summed E-state index contributed by atoms with van der Waals surface area (Å²) < 4.78 is 5.77. The van der Waals surface area contributed by atoms with Crippen LogP contribution in [0.3, 0.4) is 0 Å². The predicted octanol–water partition coefficient (Wildman–Crippen LogP) is 4.68. The first-order valence-corrected chi connectivity index (χ1v) is 11.4. The number of nitrogens with one attached hydrogen (secondary N) is 4. The Morgan fingerprint density at radius 3 is 2.31 bits per heavy atom. The largest absolute Gasteiger partial charge is 0.457 e. The number of hydrogen-bond donors (Lipinski definition) is 4. The Morgan fingerprint density at radius 1 is 0.917 bits per heavy atom. The van der Waals surface area contributed by atoms with Crippen molar-refractivity contribution in [3.8, 4) is 11.5 Å². The molecule has 2 heterocycles. The molecule has 0 fully saturated rings. The van der Waals surface area contributed by atoms with Crippen molar-refractivity contribution in [2.24, 2.45) is 0 Å². The van der Waals surface area contributed by atoms with E-state index in [1.54, 1.807) is 24.3 Å². The Morgan fingerprint density at radius 2 is 1.58 bits per heavy atom. The molecule has 0 aliphatic carbocycles. The molecule has 1 atom stereocenters. The van der Waals surface area contributed by atoms with Crippen LogP contribution >= 0.6 is 0 Å². The first-order chi connectivity index (χ1) is 17.4. The molecule has 3 aromatic carbocycles. The van der Waals surface area contributed by atoms with Gasteiger partial charge in [-0.15, -0.1) is 0 Å². The zero-order chi connectivity index (χ0) is 25.1. The number of nitrogens with zero attached hydrogens (tertiary/aromatic N) is 1. The number of aromatic amines is 1. The molecule has 180 valence electrons. The number of para-hydroxylation sites is 1. The summed E-state index contributed by atoms with van der Waals surface area (Å²) in [5.74, 6) is -0.325. The van der Waals surface area contributed by atoms with Gasteiger partial charge < -0.3 is 20.7 Å². The number of H-pyrrole nitrogens is 1. The minimum Gasteiger partial charge on any atom is -0.457 e. The number of anilines is 4. The van der Waals surface area contributed by atoms with Crippen LogP contribution in [0.15, 0.2) is 83.7 Å². The first-order valence-electron chi connectivity index (χ1n) is 11.4. The number of carbonyl (C=O) groups is 2. The van der Waals surface area contributed by atoms with Gasteiger partial charge in [-0.2, -0.15) is 4.98 Å². The molecule has 0 unspecified atom stereocenters. The number of aryl methyl sites for hydroxylation is 1. The summed E-state index contributed by atoms with van der Waals surface area (Å²) >= 11 is 0. The number of carbonyl (C=O) groups excluding carboxylic acids is 2. The lowest BCUT2D eigenvalue weighted by atomic mass is 9.92. The molecule has 9 nitrogen and oxygen atoms in total. The van der Waals surface area contributed by atoms with Gasteiger partial charge in [-0.05, 0) is 55.5 Å². The number of benzene rings is 3. The molecular weight excluding hydrogens is 458 g/mol. The zero-order valence-electron chi connectivity index (χ0n) is 19.4. The predicted molar refractivity (Wildman–Crippen MR) is 137 cm³/mol. The summed E-state index contributed by atoms with van der Waals surface area (Å²) in [6.45, 7) is 1.97. The summed E-state index contributed by atoms with van der Waals surface area (Å²) in [6.07, 6.45) is -0.163. The van der Waals surface area contributed by atoms with Crippen LogP contribution in [0, 0.1) is 6.92 Å². The van der Waals surface area contributed by atoms with Gasteiger partial charge in [0.25, 0.3) is 5.56 Å². The van der Waals surface area contributed by atoms with Gasteiger partial charge in [-0.3, -0.25) is 19.4 Å². The van der Waals surface area contributed by atoms with Crippen LogP contribution in [0.5, 0.6) is 11.5 Å². The zero-order valence-corrected chi connectivity index (χ0v) is 19.4. The fraction of sp³-hybridized carbons (Fsp3) is 0.111. The Balaban J connectivity index is 1.33. The highest BCUT2D eigenvalue weighted by Gasteiger charge is 2.34. The second kappa shape index (κ2) is 9.75. The van der Waals surface area contributed by atoms with Gasteiger partial charge in [0.05, 0.1) is 11.5 Å². The lowest BCUT2D eigenvalue weighted by Gasteiger charge is -2.23. The van der Waals surface area contributed by atoms with E-state index < -0.39 is 23.3 Å². The average Bonchev–Trinajstić information content (AvgIpc) is 2.86. The maximum Gasteiger partial charge on any atom is 0.258 e. The fourth-order valence-corrected chi connectivity index (χ4v) is 3.89. The normalized spacial score (nSPS) is 14.4. The van der Waals surface area contributed by atoms with Crippen LogP contribution in [0.2, 0.25) is 0 Å². The van der Waals surface area contributed by atoms with E-state index in [2.05, 4.69) is 25.9 Å². The monoisotopic (exact) mass is 481 g/mol. The molecule has 0 spiro atoms. The smallest absolute Gasteiger partial charge is 0.258 e. The van der Waals surface area contributed by atoms with Gasteiger partial charge in [0, 0.05) is 17.8 Å². The second-order valence-corrected chi connectivity index (χ2v) is 8.40. The van der Waals surface area contributed by atoms with Crippen LogP contribution in [0.25, 0.3) is 0 Å². The standard InChI is InChI=1S/C27H23N5O4/c1-16-7-9-18(10-8-16)29-27-31-24-23(26(35)32-27)21(15-22(33)30-24)25(34)28-17-11-13-20(14-12-17)36-19-5-3-2-4-6-19/h2-14,21H,15H2,1H3,(H,28,34)(H3,29,30,31,32,33,35)/t21-/m0/s1. The molecule has 0 bridgehead atoms. The lowest BCUT2D eigenvalue weighted by Crippen LogP contribution is -2.36. The van der Waals surface area contributed by atoms with Crippen LogP contribution in [-0.2, 0) is 9.59 Å². The maximum absolute atomic E-state index is 13.1. The van der Waals surface area contributed by atoms with Gasteiger partial charge in [-0.1, -0.05) is 35.9 Å². The molecule has 4 aromatic rings. The molecule has 36 heavy (non-hydrogen) atoms. The third-order valence-corrected chi connectivity index (χ3v) is 5.68. The van der Waals surface area contributed by atoms with Crippen molar-refractivity contribution >= 4 is 35.0 Å². The van der Waals surface area contributed by atoms with E-state index >= 15 is 0 Å². The number of fused-ring (bicyclic) bond motifs is 1. The highest BCUT2D eigenvalue weighted by atomic mass is 16.5. The van der Waals surface area contributed by atoms with Crippen molar-refractivity contribution in [2.75, 3.05) is 16.0 Å². The van der Waals surface area contributed by atoms with Crippen LogP contribution in [-0.4, -0.2) is 21.8 Å². The molecule has 0 saturated heterocycles. The Bertz CT molecular complexity index is 1470. The van der Waals surface area contributed by atoms with Gasteiger partial charge >= 0.3 is 0 Å². The molecule has 2 amide bonds. The van der Waals surface area contributed by atoms with Gasteiger partial charge in [-0.25, -0.2) is 0 Å². The number of ether oxygens (including phenoxy) is 1. The summed E-state index contributed by atoms with van der Waals surface area (Å²) in [5.41, 5.74) is 1.94. The highest BCUT2D eigenvalue weighted by molar-refractivity contribution is 6.04. The Kier molecular flexibility index (Phi) is 6.19. The third-order valence-electron chi connectivity index (χ3n) is 5.68. The van der Waals surface area contributed by atoms with Crippen molar-refractivity contribution in [1.82, 2.24) is 9.97 Å². The summed E-state index contributed by atoms with van der Waals surface area (Å²) in [5, 5.41) is 8.40. The SMILES string of the molecule is Cc1ccc(Nc2nc3c(c(=O)[nH]2)[C@@H](C(=O)Nc2ccc(Oc4ccccc4)cc2)CC(=O)N3)cc1. The van der Waals surface area contributed by atoms with Crippen molar-refractivity contribution in [3.63, 3.8) is 0 Å². The second-order valence-electron chi connectivity index (χ2n) is 8.40. The average molecular weight is 482 g/mol. The molecule has 9 heteroatoms. The van der Waals surface area contributed by atoms with E-state index in [-0.39, 0.29) is 23.8 Å². The lowest BCUT2D eigenvalue weighted by molar-refractivity contribution is -0.123. The van der Waals surface area contributed by atoms with Crippen molar-refractivity contribution in [1.29, 1.82) is 0 Å². The topological polar surface area (TPSA) is 125 Å². The van der Waals surface area contributed by atoms with Gasteiger partial charge in [0.15, 0.2) is 0 Å². The molecule has 1 aliphatic heterocycles. The molecule has 1 aromatic heterocycles. The number of hydrogen-bond acceptors (Lipinski definition) is 6. The van der Waals surface area contributed by atoms with Crippen molar-refractivity contribution < 1.29 is 14.3 Å². The fourth-order valence-electron chi connectivity index (χ4n) is 3.89. The number of amides is 2. The number of rotatable bonds is 6. The maximum atomic E-state index is 13.1. The van der Waals surface area contributed by atoms with Crippen molar-refractivity contribution in [3.05, 3.63) is 100 Å². The minimum atomic E-state index is -0.987. The molecule has 0 radical (unpaired) electrons. The van der Waals surface area contributed by atoms with E-state index in [4.69, 9.17) is 4.74 Å². The van der Waals surface area contributed by atoms with E-state index in [1.807, 2.05) is 61.5 Å². The van der Waals surface area contributed by atoms with Crippen LogP contribution in [0.1, 0.15) is 23.5 Å². The van der Waals surface area contributed by atoms with Crippen LogP contribution in [0.4, 0.5) is 23.1 Å². The summed E-state index contributed by atoms with van der Waals surface area (Å²) in [7, 11) is 0. The molecular formula is C27H23N5O4. The van der Waals surface area contributed by atoms with E-state index in [0.717, 1.165) is 11.3 Å². The quantitative estimate of drug-likeness (QED) is 0.317. The van der Waals surface area contributed by atoms with E-state index in [9.17, 15) is 14.4 Å². The number of aromatic nitrogens is 2.